The van der Waals surface area contributed by atoms with Crippen molar-refractivity contribution in [1.29, 1.82) is 0 Å². The molecule has 2 unspecified atom stereocenters. The van der Waals surface area contributed by atoms with E-state index < -0.39 is 0 Å². The van der Waals surface area contributed by atoms with Crippen LogP contribution >= 0.6 is 22.6 Å². The minimum absolute atomic E-state index is 0.00475. The number of rotatable bonds is 4. The third-order valence-corrected chi connectivity index (χ3v) is 5.13. The van der Waals surface area contributed by atoms with Crippen molar-refractivity contribution in [2.75, 3.05) is 5.32 Å². The first-order valence-corrected chi connectivity index (χ1v) is 8.19. The van der Waals surface area contributed by atoms with Crippen LogP contribution in [0.4, 0.5) is 5.69 Å². The predicted octanol–water partition coefficient (Wildman–Crippen LogP) is 3.17. The third-order valence-electron chi connectivity index (χ3n) is 4.41. The molecule has 2 amide bonds. The lowest BCUT2D eigenvalue weighted by atomic mass is 9.57. The summed E-state index contributed by atoms with van der Waals surface area (Å²) in [4.78, 5) is 23.3. The molecule has 4 nitrogen and oxygen atoms in total. The normalized spacial score (nSPS) is 23.0. The Morgan fingerprint density at radius 2 is 1.90 bits per heavy atom. The molecule has 21 heavy (non-hydrogen) atoms. The SMILES string of the molecule is CC(=O)NC1CC(CC(=O)Nc2ccc(I)cc2)C1(C)C. The largest absolute Gasteiger partial charge is 0.353 e. The molecule has 1 aromatic carbocycles. The Morgan fingerprint density at radius 3 is 2.43 bits per heavy atom. The fraction of sp³-hybridized carbons (Fsp3) is 0.500. The van der Waals surface area contributed by atoms with Crippen molar-refractivity contribution in [3.05, 3.63) is 27.8 Å². The van der Waals surface area contributed by atoms with Crippen LogP contribution in [0.5, 0.6) is 0 Å². The number of halogens is 1. The maximum absolute atomic E-state index is 12.1. The second-order valence-electron chi connectivity index (χ2n) is 6.27. The number of anilines is 1. The second kappa shape index (κ2) is 6.34. The Hall–Kier alpha value is -1.11. The summed E-state index contributed by atoms with van der Waals surface area (Å²) in [5.74, 6) is 0.337. The van der Waals surface area contributed by atoms with E-state index in [0.29, 0.717) is 12.3 Å². The van der Waals surface area contributed by atoms with Crippen LogP contribution < -0.4 is 10.6 Å². The molecule has 0 spiro atoms. The molecule has 0 heterocycles. The van der Waals surface area contributed by atoms with E-state index in [1.54, 1.807) is 0 Å². The zero-order valence-electron chi connectivity index (χ0n) is 12.6. The van der Waals surface area contributed by atoms with Crippen molar-refractivity contribution >= 4 is 40.1 Å². The van der Waals surface area contributed by atoms with Gasteiger partial charge in [0.25, 0.3) is 0 Å². The van der Waals surface area contributed by atoms with E-state index >= 15 is 0 Å². The Bertz CT molecular complexity index is 540. The molecule has 0 aliphatic heterocycles. The minimum atomic E-state index is -0.0327. The summed E-state index contributed by atoms with van der Waals surface area (Å²) in [5.41, 5.74) is 0.797. The first-order chi connectivity index (χ1) is 9.79. The van der Waals surface area contributed by atoms with Crippen LogP contribution in [-0.4, -0.2) is 17.9 Å². The molecule has 1 fully saturated rings. The first-order valence-electron chi connectivity index (χ1n) is 7.11. The van der Waals surface area contributed by atoms with Gasteiger partial charge in [-0.15, -0.1) is 0 Å². The molecule has 0 saturated heterocycles. The topological polar surface area (TPSA) is 58.2 Å². The molecule has 0 aromatic heterocycles. The number of amides is 2. The van der Waals surface area contributed by atoms with E-state index in [9.17, 15) is 9.59 Å². The van der Waals surface area contributed by atoms with Gasteiger partial charge < -0.3 is 10.6 Å². The summed E-state index contributed by atoms with van der Waals surface area (Å²) in [6.07, 6.45) is 1.36. The summed E-state index contributed by atoms with van der Waals surface area (Å²) in [6, 6.07) is 7.93. The van der Waals surface area contributed by atoms with Gasteiger partial charge in [-0.3, -0.25) is 9.59 Å². The maximum atomic E-state index is 12.1. The monoisotopic (exact) mass is 400 g/mol. The summed E-state index contributed by atoms with van der Waals surface area (Å²) in [5, 5.41) is 5.89. The van der Waals surface area contributed by atoms with E-state index in [2.05, 4.69) is 47.1 Å². The molecule has 5 heteroatoms. The first kappa shape index (κ1) is 16.3. The smallest absolute Gasteiger partial charge is 0.224 e. The Balaban J connectivity index is 1.86. The number of hydrogen-bond donors (Lipinski definition) is 2. The van der Waals surface area contributed by atoms with Gasteiger partial charge in [-0.2, -0.15) is 0 Å². The van der Waals surface area contributed by atoms with Gasteiger partial charge in [0.05, 0.1) is 0 Å². The molecular formula is C16H21IN2O2. The van der Waals surface area contributed by atoms with E-state index in [0.717, 1.165) is 15.7 Å². The molecule has 0 radical (unpaired) electrons. The molecule has 1 aliphatic rings. The summed E-state index contributed by atoms with van der Waals surface area (Å²) in [6.45, 7) is 5.76. The zero-order chi connectivity index (χ0) is 15.6. The Labute approximate surface area is 139 Å². The number of nitrogens with one attached hydrogen (secondary N) is 2. The Morgan fingerprint density at radius 1 is 1.29 bits per heavy atom. The van der Waals surface area contributed by atoms with Gasteiger partial charge in [-0.25, -0.2) is 0 Å². The summed E-state index contributed by atoms with van der Waals surface area (Å²) < 4.78 is 1.14. The molecule has 1 saturated carbocycles. The molecule has 2 N–H and O–H groups in total. The van der Waals surface area contributed by atoms with Crippen LogP contribution in [-0.2, 0) is 9.59 Å². The highest BCUT2D eigenvalue weighted by molar-refractivity contribution is 14.1. The van der Waals surface area contributed by atoms with Crippen molar-refractivity contribution in [2.24, 2.45) is 11.3 Å². The highest BCUT2D eigenvalue weighted by Crippen LogP contribution is 2.48. The molecule has 2 rings (SSSR count). The van der Waals surface area contributed by atoms with Crippen molar-refractivity contribution in [1.82, 2.24) is 5.32 Å². The molecule has 2 atom stereocenters. The van der Waals surface area contributed by atoms with Crippen LogP contribution in [0.2, 0.25) is 0 Å². The van der Waals surface area contributed by atoms with Gasteiger partial charge in [-0.1, -0.05) is 13.8 Å². The fourth-order valence-electron chi connectivity index (χ4n) is 2.82. The van der Waals surface area contributed by atoms with E-state index in [1.165, 1.54) is 6.92 Å². The van der Waals surface area contributed by atoms with Crippen LogP contribution in [0.25, 0.3) is 0 Å². The summed E-state index contributed by atoms with van der Waals surface area (Å²) >= 11 is 2.23. The minimum Gasteiger partial charge on any atom is -0.353 e. The predicted molar refractivity (Wildman–Crippen MR) is 91.9 cm³/mol. The molecule has 1 aromatic rings. The van der Waals surface area contributed by atoms with Crippen LogP contribution in [0.15, 0.2) is 24.3 Å². The number of hydrogen-bond acceptors (Lipinski definition) is 2. The number of carbonyl (C=O) groups excluding carboxylic acids is 2. The number of carbonyl (C=O) groups is 2. The zero-order valence-corrected chi connectivity index (χ0v) is 14.7. The van der Waals surface area contributed by atoms with E-state index in [1.807, 2.05) is 24.3 Å². The highest BCUT2D eigenvalue weighted by atomic mass is 127. The lowest BCUT2D eigenvalue weighted by Crippen LogP contribution is -2.58. The second-order valence-corrected chi connectivity index (χ2v) is 7.51. The average molecular weight is 400 g/mol. The van der Waals surface area contributed by atoms with Crippen molar-refractivity contribution < 1.29 is 9.59 Å². The van der Waals surface area contributed by atoms with Gasteiger partial charge in [0.15, 0.2) is 0 Å². The molecule has 114 valence electrons. The molecular weight excluding hydrogens is 379 g/mol. The van der Waals surface area contributed by atoms with E-state index in [-0.39, 0.29) is 23.3 Å². The van der Waals surface area contributed by atoms with Crippen molar-refractivity contribution in [3.8, 4) is 0 Å². The van der Waals surface area contributed by atoms with Crippen molar-refractivity contribution in [2.45, 2.75) is 39.7 Å². The van der Waals surface area contributed by atoms with Crippen molar-refractivity contribution in [3.63, 3.8) is 0 Å². The quantitative estimate of drug-likeness (QED) is 0.763. The maximum Gasteiger partial charge on any atom is 0.224 e. The molecule has 0 bridgehead atoms. The Kier molecular flexibility index (Phi) is 4.91. The summed E-state index contributed by atoms with van der Waals surface area (Å²) in [7, 11) is 0. The molecule has 1 aliphatic carbocycles. The van der Waals surface area contributed by atoms with Crippen LogP contribution in [0, 0.1) is 14.9 Å². The van der Waals surface area contributed by atoms with Gasteiger partial charge in [0.1, 0.15) is 0 Å². The van der Waals surface area contributed by atoms with E-state index in [4.69, 9.17) is 0 Å². The van der Waals surface area contributed by atoms with Crippen LogP contribution in [0.3, 0.4) is 0 Å². The lowest BCUT2D eigenvalue weighted by molar-refractivity contribution is -0.125. The highest BCUT2D eigenvalue weighted by Gasteiger charge is 2.48. The average Bonchev–Trinajstić information content (AvgIpc) is 2.40. The van der Waals surface area contributed by atoms with Gasteiger partial charge >= 0.3 is 0 Å². The standard InChI is InChI=1S/C16H21IN2O2/c1-10(20)18-14-8-11(16(14,2)3)9-15(21)19-13-6-4-12(17)5-7-13/h4-7,11,14H,8-9H2,1-3H3,(H,18,20)(H,19,21). The van der Waals surface area contributed by atoms with Gasteiger partial charge in [0.2, 0.25) is 11.8 Å². The van der Waals surface area contributed by atoms with Crippen LogP contribution in [0.1, 0.15) is 33.6 Å². The number of benzene rings is 1. The lowest BCUT2D eigenvalue weighted by Gasteiger charge is -2.52. The third kappa shape index (κ3) is 3.96. The fourth-order valence-corrected chi connectivity index (χ4v) is 3.18. The van der Waals surface area contributed by atoms with Gasteiger partial charge in [-0.05, 0) is 64.6 Å². The van der Waals surface area contributed by atoms with Gasteiger partial charge in [0, 0.05) is 28.6 Å².